The van der Waals surface area contributed by atoms with Crippen LogP contribution in [0.5, 0.6) is 0 Å². The van der Waals surface area contributed by atoms with Gasteiger partial charge in [-0.3, -0.25) is 19.9 Å². The van der Waals surface area contributed by atoms with Crippen LogP contribution in [0.3, 0.4) is 0 Å². The van der Waals surface area contributed by atoms with Crippen molar-refractivity contribution in [2.75, 3.05) is 26.0 Å². The van der Waals surface area contributed by atoms with Gasteiger partial charge in [0.25, 0.3) is 0 Å². The number of carbonyl (C=O) groups excluding carboxylic acids is 1. The number of carbonyl (C=O) groups is 1. The summed E-state index contributed by atoms with van der Waals surface area (Å²) in [6, 6.07) is 14.1. The molecule has 1 amide bonds. The molecule has 9 heteroatoms. The molecular weight excluding hydrogens is 454 g/mol. The minimum Gasteiger partial charge on any atom is -0.472 e. The second kappa shape index (κ2) is 8.79. The zero-order valence-electron chi connectivity index (χ0n) is 19.7. The molecule has 0 bridgehead atoms. The van der Waals surface area contributed by atoms with Gasteiger partial charge in [0.2, 0.25) is 5.91 Å². The van der Waals surface area contributed by atoms with E-state index in [-0.39, 0.29) is 5.91 Å². The van der Waals surface area contributed by atoms with Crippen molar-refractivity contribution in [2.24, 2.45) is 0 Å². The fourth-order valence-electron chi connectivity index (χ4n) is 4.37. The summed E-state index contributed by atoms with van der Waals surface area (Å²) in [5.74, 6) is -0.104. The first-order chi connectivity index (χ1) is 17.5. The molecule has 36 heavy (non-hydrogen) atoms. The van der Waals surface area contributed by atoms with Gasteiger partial charge < -0.3 is 19.6 Å². The van der Waals surface area contributed by atoms with Crippen LogP contribution in [0.1, 0.15) is 0 Å². The Balaban J connectivity index is 1.38. The molecule has 0 radical (unpaired) electrons. The molecule has 5 heterocycles. The summed E-state index contributed by atoms with van der Waals surface area (Å²) in [7, 11) is 3.70. The van der Waals surface area contributed by atoms with Gasteiger partial charge >= 0.3 is 0 Å². The van der Waals surface area contributed by atoms with Gasteiger partial charge in [-0.2, -0.15) is 5.10 Å². The third kappa shape index (κ3) is 4.01. The number of nitrogens with zero attached hydrogens (tertiary/aromatic N) is 4. The highest BCUT2D eigenvalue weighted by molar-refractivity contribution is 6.01. The number of furan rings is 1. The maximum absolute atomic E-state index is 12.2. The molecule has 0 aliphatic heterocycles. The van der Waals surface area contributed by atoms with Gasteiger partial charge in [0.15, 0.2) is 0 Å². The molecule has 178 valence electrons. The van der Waals surface area contributed by atoms with Crippen LogP contribution in [0.25, 0.3) is 55.6 Å². The number of pyridine rings is 2. The van der Waals surface area contributed by atoms with Gasteiger partial charge in [-0.15, -0.1) is 0 Å². The topological polar surface area (TPSA) is 116 Å². The summed E-state index contributed by atoms with van der Waals surface area (Å²) >= 11 is 0. The quantitative estimate of drug-likeness (QED) is 0.313. The molecule has 0 spiro atoms. The molecule has 0 aliphatic rings. The number of anilines is 1. The summed E-state index contributed by atoms with van der Waals surface area (Å²) in [5, 5.41) is 12.6. The Morgan fingerprint density at radius 3 is 2.78 bits per heavy atom. The predicted molar refractivity (Wildman–Crippen MR) is 139 cm³/mol. The standard InChI is InChI=1S/C27H23N7O2/c1-34(2)14-26(35)30-18-8-17(11-28-12-18)23-10-21-25(13-29-23)32-33-27(21)24-9-20-19(16-6-7-36-15-16)4-3-5-22(20)31-24/h3-13,15,31H,14H2,1-2H3,(H,30,35)(H,32,33). The number of hydrogen-bond donors (Lipinski definition) is 3. The number of nitrogens with one attached hydrogen (secondary N) is 3. The maximum atomic E-state index is 12.2. The third-order valence-electron chi connectivity index (χ3n) is 5.98. The van der Waals surface area contributed by atoms with E-state index in [9.17, 15) is 4.79 Å². The van der Waals surface area contributed by atoms with E-state index in [4.69, 9.17) is 4.42 Å². The fourth-order valence-corrected chi connectivity index (χ4v) is 4.37. The summed E-state index contributed by atoms with van der Waals surface area (Å²) in [6.45, 7) is 0.291. The molecule has 0 saturated heterocycles. The molecule has 0 aliphatic carbocycles. The lowest BCUT2D eigenvalue weighted by molar-refractivity contribution is -0.116. The van der Waals surface area contributed by atoms with E-state index in [1.165, 1.54) is 0 Å². The Kier molecular flexibility index (Phi) is 5.31. The van der Waals surface area contributed by atoms with Crippen molar-refractivity contribution >= 4 is 33.4 Å². The highest BCUT2D eigenvalue weighted by Crippen LogP contribution is 2.35. The molecule has 9 nitrogen and oxygen atoms in total. The van der Waals surface area contributed by atoms with Crippen molar-refractivity contribution in [2.45, 2.75) is 0 Å². The van der Waals surface area contributed by atoms with Crippen molar-refractivity contribution in [3.8, 4) is 33.8 Å². The van der Waals surface area contributed by atoms with Gasteiger partial charge in [0.05, 0.1) is 54.1 Å². The van der Waals surface area contributed by atoms with Crippen LogP contribution < -0.4 is 5.32 Å². The van der Waals surface area contributed by atoms with Gasteiger partial charge in [-0.25, -0.2) is 0 Å². The van der Waals surface area contributed by atoms with E-state index < -0.39 is 0 Å². The van der Waals surface area contributed by atoms with Crippen molar-refractivity contribution in [3.05, 3.63) is 73.6 Å². The van der Waals surface area contributed by atoms with Crippen LogP contribution in [0.2, 0.25) is 0 Å². The Morgan fingerprint density at radius 2 is 1.94 bits per heavy atom. The lowest BCUT2D eigenvalue weighted by Crippen LogP contribution is -2.27. The van der Waals surface area contributed by atoms with E-state index in [1.807, 2.05) is 49.3 Å². The first kappa shape index (κ1) is 21.8. The number of aromatic nitrogens is 5. The number of aromatic amines is 2. The lowest BCUT2D eigenvalue weighted by atomic mass is 10.0. The number of hydrogen-bond acceptors (Lipinski definition) is 6. The lowest BCUT2D eigenvalue weighted by Gasteiger charge is -2.10. The second-order valence-electron chi connectivity index (χ2n) is 8.90. The van der Waals surface area contributed by atoms with E-state index in [0.29, 0.717) is 12.2 Å². The zero-order chi connectivity index (χ0) is 24.6. The predicted octanol–water partition coefficient (Wildman–Crippen LogP) is 4.93. The molecule has 1 aromatic carbocycles. The first-order valence-electron chi connectivity index (χ1n) is 11.4. The molecule has 0 atom stereocenters. The molecular formula is C27H23N7O2. The maximum Gasteiger partial charge on any atom is 0.238 e. The second-order valence-corrected chi connectivity index (χ2v) is 8.90. The molecule has 0 fully saturated rings. The minimum atomic E-state index is -0.104. The van der Waals surface area contributed by atoms with Gasteiger partial charge in [-0.05, 0) is 50.0 Å². The number of H-pyrrole nitrogens is 2. The highest BCUT2D eigenvalue weighted by Gasteiger charge is 2.15. The van der Waals surface area contributed by atoms with Gasteiger partial charge in [0.1, 0.15) is 5.69 Å². The first-order valence-corrected chi connectivity index (χ1v) is 11.4. The van der Waals surface area contributed by atoms with Crippen LogP contribution in [-0.2, 0) is 4.79 Å². The Hall–Kier alpha value is -4.76. The highest BCUT2D eigenvalue weighted by atomic mass is 16.3. The molecule has 0 unspecified atom stereocenters. The average molecular weight is 478 g/mol. The smallest absolute Gasteiger partial charge is 0.238 e. The largest absolute Gasteiger partial charge is 0.472 e. The number of amides is 1. The molecule has 6 aromatic rings. The van der Waals surface area contributed by atoms with E-state index in [0.717, 1.165) is 55.6 Å². The van der Waals surface area contributed by atoms with Crippen LogP contribution in [0.4, 0.5) is 5.69 Å². The third-order valence-corrected chi connectivity index (χ3v) is 5.98. The molecule has 5 aromatic heterocycles. The Morgan fingerprint density at radius 1 is 1.03 bits per heavy atom. The average Bonchev–Trinajstić information content (AvgIpc) is 3.62. The normalized spacial score (nSPS) is 11.5. The zero-order valence-corrected chi connectivity index (χ0v) is 19.7. The SMILES string of the molecule is CN(C)CC(=O)Nc1cncc(-c2cc3c(-c4cc5c(-c6ccoc6)cccc5[nH]4)n[nH]c3cn2)c1. The van der Waals surface area contributed by atoms with Crippen LogP contribution in [0.15, 0.2) is 78.0 Å². The van der Waals surface area contributed by atoms with Gasteiger partial charge in [0, 0.05) is 33.6 Å². The van der Waals surface area contributed by atoms with Gasteiger partial charge in [-0.1, -0.05) is 12.1 Å². The van der Waals surface area contributed by atoms with Crippen molar-refractivity contribution in [3.63, 3.8) is 0 Å². The monoisotopic (exact) mass is 477 g/mol. The van der Waals surface area contributed by atoms with Crippen LogP contribution in [-0.4, -0.2) is 56.6 Å². The Bertz CT molecular complexity index is 1700. The van der Waals surface area contributed by atoms with Crippen molar-refractivity contribution < 1.29 is 9.21 Å². The summed E-state index contributed by atoms with van der Waals surface area (Å²) < 4.78 is 5.29. The van der Waals surface area contributed by atoms with Crippen molar-refractivity contribution in [1.29, 1.82) is 0 Å². The fraction of sp³-hybridized carbons (Fsp3) is 0.111. The summed E-state index contributed by atoms with van der Waals surface area (Å²) in [5.41, 5.74) is 7.79. The molecule has 0 saturated carbocycles. The van der Waals surface area contributed by atoms with Crippen LogP contribution in [0, 0.1) is 0 Å². The minimum absolute atomic E-state index is 0.104. The number of rotatable bonds is 6. The van der Waals surface area contributed by atoms with Crippen LogP contribution >= 0.6 is 0 Å². The van der Waals surface area contributed by atoms with E-state index >= 15 is 0 Å². The summed E-state index contributed by atoms with van der Waals surface area (Å²) in [6.07, 6.45) is 8.54. The van der Waals surface area contributed by atoms with E-state index in [2.05, 4.69) is 42.6 Å². The molecule has 3 N–H and O–H groups in total. The van der Waals surface area contributed by atoms with Crippen molar-refractivity contribution in [1.82, 2.24) is 30.0 Å². The number of likely N-dealkylation sites (N-methyl/N-ethyl adjacent to an activating group) is 1. The van der Waals surface area contributed by atoms with E-state index in [1.54, 1.807) is 31.1 Å². The number of benzene rings is 1. The number of fused-ring (bicyclic) bond motifs is 2. The molecule has 6 rings (SSSR count). The Labute approximate surface area is 206 Å². The summed E-state index contributed by atoms with van der Waals surface area (Å²) in [4.78, 5) is 26.4.